The van der Waals surface area contributed by atoms with E-state index in [1.54, 1.807) is 0 Å². The molecule has 0 aromatic heterocycles. The summed E-state index contributed by atoms with van der Waals surface area (Å²) in [6.45, 7) is 11.3. The van der Waals surface area contributed by atoms with Gasteiger partial charge in [0.2, 0.25) is 0 Å². The van der Waals surface area contributed by atoms with E-state index in [9.17, 15) is 4.79 Å². The number of piperidine rings is 1. The zero-order valence-corrected chi connectivity index (χ0v) is 19.1. The van der Waals surface area contributed by atoms with Crippen molar-refractivity contribution in [2.24, 2.45) is 11.8 Å². The minimum absolute atomic E-state index is 0.0136. The molecule has 168 valence electrons. The minimum atomic E-state index is -0.687. The van der Waals surface area contributed by atoms with E-state index in [0.29, 0.717) is 12.5 Å². The van der Waals surface area contributed by atoms with E-state index in [0.717, 1.165) is 56.2 Å². The third-order valence-corrected chi connectivity index (χ3v) is 6.53. The van der Waals surface area contributed by atoms with Crippen LogP contribution in [-0.2, 0) is 9.53 Å². The molecule has 1 heterocycles. The van der Waals surface area contributed by atoms with Crippen LogP contribution in [0.4, 0.5) is 5.69 Å². The molecule has 1 aromatic rings. The molecule has 0 radical (unpaired) electrons. The van der Waals surface area contributed by atoms with Crippen LogP contribution in [0.5, 0.6) is 5.75 Å². The van der Waals surface area contributed by atoms with E-state index in [1.165, 1.54) is 32.4 Å². The second-order valence-corrected chi connectivity index (χ2v) is 9.36. The van der Waals surface area contributed by atoms with Gasteiger partial charge in [0.15, 0.2) is 0 Å². The fourth-order valence-corrected chi connectivity index (χ4v) is 5.03. The third-order valence-electron chi connectivity index (χ3n) is 6.53. The summed E-state index contributed by atoms with van der Waals surface area (Å²) in [5.74, 6) is 2.17. The number of rotatable bonds is 9. The lowest BCUT2D eigenvalue weighted by Crippen LogP contribution is -2.48. The van der Waals surface area contributed by atoms with Crippen LogP contribution >= 0.6 is 0 Å². The molecule has 0 bridgehead atoms. The van der Waals surface area contributed by atoms with Crippen LogP contribution in [-0.4, -0.2) is 49.3 Å². The maximum Gasteiger partial charge on any atom is 0.256 e. The van der Waals surface area contributed by atoms with Crippen molar-refractivity contribution in [1.29, 1.82) is 0 Å². The molecule has 3 atom stereocenters. The van der Waals surface area contributed by atoms with Gasteiger partial charge >= 0.3 is 0 Å². The first kappa shape index (κ1) is 23.1. The molecule has 3 rings (SSSR count). The maximum atomic E-state index is 13.0. The first-order chi connectivity index (χ1) is 14.5. The number of ether oxygens (including phenoxy) is 2. The van der Waals surface area contributed by atoms with Gasteiger partial charge in [-0.25, -0.2) is 0 Å². The van der Waals surface area contributed by atoms with Gasteiger partial charge in [-0.15, -0.1) is 0 Å². The smallest absolute Gasteiger partial charge is 0.256 e. The predicted molar refractivity (Wildman–Crippen MR) is 122 cm³/mol. The van der Waals surface area contributed by atoms with Crippen molar-refractivity contribution in [3.05, 3.63) is 24.3 Å². The molecule has 1 saturated carbocycles. The first-order valence-electron chi connectivity index (χ1n) is 11.9. The molecular formula is C25H40N2O3. The first-order valence-corrected chi connectivity index (χ1v) is 11.9. The number of nitrogens with zero attached hydrogens (tertiary/aromatic N) is 1. The number of benzene rings is 1. The summed E-state index contributed by atoms with van der Waals surface area (Å²) < 4.78 is 11.9. The lowest BCUT2D eigenvalue weighted by atomic mass is 9.78. The van der Waals surface area contributed by atoms with Gasteiger partial charge in [-0.1, -0.05) is 20.3 Å². The number of amides is 1. The van der Waals surface area contributed by atoms with Crippen molar-refractivity contribution in [1.82, 2.24) is 4.90 Å². The van der Waals surface area contributed by atoms with Crippen molar-refractivity contribution in [3.8, 4) is 5.75 Å². The minimum Gasteiger partial charge on any atom is -0.494 e. The fraction of sp³-hybridized carbons (Fsp3) is 0.720. The summed E-state index contributed by atoms with van der Waals surface area (Å²) in [6.07, 6.45) is 7.53. The Balaban J connectivity index is 1.45. The Morgan fingerprint density at radius 1 is 1.17 bits per heavy atom. The highest BCUT2D eigenvalue weighted by molar-refractivity contribution is 5.97. The summed E-state index contributed by atoms with van der Waals surface area (Å²) in [5.41, 5.74) is 0.111. The van der Waals surface area contributed by atoms with Crippen LogP contribution in [0.15, 0.2) is 24.3 Å². The van der Waals surface area contributed by atoms with E-state index in [-0.39, 0.29) is 5.91 Å². The summed E-state index contributed by atoms with van der Waals surface area (Å²) in [5, 5.41) is 3.07. The number of likely N-dealkylation sites (tertiary alicyclic amines) is 1. The van der Waals surface area contributed by atoms with E-state index >= 15 is 0 Å². The lowest BCUT2D eigenvalue weighted by molar-refractivity contribution is -0.147. The quantitative estimate of drug-likeness (QED) is 0.568. The van der Waals surface area contributed by atoms with E-state index < -0.39 is 5.60 Å². The largest absolute Gasteiger partial charge is 0.494 e. The zero-order chi connectivity index (χ0) is 21.4. The van der Waals surface area contributed by atoms with E-state index in [1.807, 2.05) is 31.2 Å². The van der Waals surface area contributed by atoms with Crippen molar-refractivity contribution in [3.63, 3.8) is 0 Å². The summed E-state index contributed by atoms with van der Waals surface area (Å²) in [6, 6.07) is 7.72. The number of hydrogen-bond donors (Lipinski definition) is 1. The van der Waals surface area contributed by atoms with Crippen molar-refractivity contribution < 1.29 is 14.3 Å². The molecule has 1 saturated heterocycles. The summed E-state index contributed by atoms with van der Waals surface area (Å²) in [7, 11) is 0. The van der Waals surface area contributed by atoms with Crippen LogP contribution < -0.4 is 10.1 Å². The van der Waals surface area contributed by atoms with Gasteiger partial charge in [0.25, 0.3) is 5.91 Å². The highest BCUT2D eigenvalue weighted by Crippen LogP contribution is 2.36. The number of carbonyl (C=O) groups excluding carboxylic acids is 1. The van der Waals surface area contributed by atoms with Crippen molar-refractivity contribution in [2.75, 3.05) is 38.2 Å². The Hall–Kier alpha value is -1.59. The fourth-order valence-electron chi connectivity index (χ4n) is 5.03. The Kier molecular flexibility index (Phi) is 8.58. The molecule has 1 aliphatic carbocycles. The lowest BCUT2D eigenvalue weighted by Gasteiger charge is -2.38. The Bertz CT molecular complexity index is 659. The van der Waals surface area contributed by atoms with Crippen LogP contribution in [0, 0.1) is 11.8 Å². The van der Waals surface area contributed by atoms with Gasteiger partial charge in [-0.05, 0) is 88.1 Å². The van der Waals surface area contributed by atoms with E-state index in [4.69, 9.17) is 9.47 Å². The van der Waals surface area contributed by atoms with Gasteiger partial charge in [-0.3, -0.25) is 4.79 Å². The number of anilines is 1. The monoisotopic (exact) mass is 416 g/mol. The standard InChI is InChI=1S/C25H40N2O3/c1-4-30-25(14-5-8-20(2)18-25)24(28)26-22-10-12-23(13-11-22)29-17-7-16-27-15-6-9-21(3)19-27/h10-13,20-21H,4-9,14-19H2,1-3H3,(H,26,28). The molecule has 0 spiro atoms. The van der Waals surface area contributed by atoms with Gasteiger partial charge in [-0.2, -0.15) is 0 Å². The molecule has 2 fully saturated rings. The second-order valence-electron chi connectivity index (χ2n) is 9.36. The van der Waals surface area contributed by atoms with Gasteiger partial charge in [0.1, 0.15) is 11.4 Å². The molecule has 30 heavy (non-hydrogen) atoms. The molecule has 5 heteroatoms. The Morgan fingerprint density at radius 3 is 2.63 bits per heavy atom. The molecular weight excluding hydrogens is 376 g/mol. The number of nitrogens with one attached hydrogen (secondary N) is 1. The van der Waals surface area contributed by atoms with Gasteiger partial charge in [0.05, 0.1) is 6.61 Å². The van der Waals surface area contributed by atoms with Crippen molar-refractivity contribution in [2.45, 2.75) is 71.3 Å². The maximum absolute atomic E-state index is 13.0. The molecule has 3 unspecified atom stereocenters. The highest BCUT2D eigenvalue weighted by Gasteiger charge is 2.42. The molecule has 5 nitrogen and oxygen atoms in total. The molecule has 1 aliphatic heterocycles. The normalized spacial score (nSPS) is 27.6. The number of carbonyl (C=O) groups is 1. The van der Waals surface area contributed by atoms with Crippen LogP contribution in [0.2, 0.25) is 0 Å². The Labute approximate surface area is 182 Å². The highest BCUT2D eigenvalue weighted by atomic mass is 16.5. The topological polar surface area (TPSA) is 50.8 Å². The molecule has 1 amide bonds. The van der Waals surface area contributed by atoms with E-state index in [2.05, 4.69) is 24.1 Å². The second kappa shape index (κ2) is 11.1. The van der Waals surface area contributed by atoms with Crippen LogP contribution in [0.1, 0.15) is 65.7 Å². The average molecular weight is 417 g/mol. The van der Waals surface area contributed by atoms with Gasteiger partial charge in [0, 0.05) is 25.4 Å². The molecule has 1 N–H and O–H groups in total. The van der Waals surface area contributed by atoms with Crippen LogP contribution in [0.3, 0.4) is 0 Å². The zero-order valence-electron chi connectivity index (χ0n) is 19.1. The third kappa shape index (κ3) is 6.45. The van der Waals surface area contributed by atoms with Crippen molar-refractivity contribution >= 4 is 11.6 Å². The molecule has 1 aromatic carbocycles. The van der Waals surface area contributed by atoms with Crippen LogP contribution in [0.25, 0.3) is 0 Å². The molecule has 2 aliphatic rings. The summed E-state index contributed by atoms with van der Waals surface area (Å²) >= 11 is 0. The van der Waals surface area contributed by atoms with Gasteiger partial charge < -0.3 is 19.7 Å². The SMILES string of the molecule is CCOC1(C(=O)Nc2ccc(OCCCN3CCCC(C)C3)cc2)CCCC(C)C1. The predicted octanol–water partition coefficient (Wildman–Crippen LogP) is 5.11. The number of hydrogen-bond acceptors (Lipinski definition) is 4. The average Bonchev–Trinajstić information content (AvgIpc) is 2.73. The Morgan fingerprint density at radius 2 is 1.93 bits per heavy atom. The summed E-state index contributed by atoms with van der Waals surface area (Å²) in [4.78, 5) is 15.6.